The van der Waals surface area contributed by atoms with Crippen molar-refractivity contribution in [2.45, 2.75) is 38.9 Å². The summed E-state index contributed by atoms with van der Waals surface area (Å²) in [6.45, 7) is 6.87. The molecule has 1 aromatic heterocycles. The average Bonchev–Trinajstić information content (AvgIpc) is 3.64. The Hall–Kier alpha value is -4.01. The van der Waals surface area contributed by atoms with Crippen molar-refractivity contribution in [3.63, 3.8) is 0 Å². The van der Waals surface area contributed by atoms with E-state index in [1.54, 1.807) is 17.3 Å². The molecule has 2 saturated heterocycles. The molecule has 212 valence electrons. The number of carbonyl (C=O) groups excluding carboxylic acids is 1. The lowest BCUT2D eigenvalue weighted by atomic mass is 9.77. The second kappa shape index (κ2) is 11.8. The van der Waals surface area contributed by atoms with Crippen molar-refractivity contribution in [2.75, 3.05) is 32.7 Å². The third-order valence-corrected chi connectivity index (χ3v) is 8.81. The summed E-state index contributed by atoms with van der Waals surface area (Å²) < 4.78 is 0. The van der Waals surface area contributed by atoms with E-state index in [1.807, 2.05) is 12.1 Å². The highest BCUT2D eigenvalue weighted by Crippen LogP contribution is 2.41. The lowest BCUT2D eigenvalue weighted by Crippen LogP contribution is -2.41. The van der Waals surface area contributed by atoms with Gasteiger partial charge in [0.15, 0.2) is 0 Å². The van der Waals surface area contributed by atoms with Crippen molar-refractivity contribution in [2.24, 2.45) is 11.1 Å². The van der Waals surface area contributed by atoms with E-state index in [-0.39, 0.29) is 24.8 Å². The molecule has 0 unspecified atom stereocenters. The Bertz CT molecular complexity index is 1490. The van der Waals surface area contributed by atoms with Crippen molar-refractivity contribution in [3.8, 4) is 0 Å². The third-order valence-electron chi connectivity index (χ3n) is 8.81. The van der Waals surface area contributed by atoms with Crippen LogP contribution in [-0.2, 0) is 19.6 Å². The number of likely N-dealkylation sites (tertiary alicyclic amines) is 2. The first kappa shape index (κ1) is 27.2. The van der Waals surface area contributed by atoms with E-state index in [4.69, 9.17) is 11.1 Å². The number of H-pyrrole nitrogens is 1. The van der Waals surface area contributed by atoms with E-state index in [0.29, 0.717) is 16.8 Å². The summed E-state index contributed by atoms with van der Waals surface area (Å²) in [6.07, 6.45) is 7.15. The largest absolute Gasteiger partial charge is 0.386 e. The number of piperidine rings is 1. The average molecular weight is 550 g/mol. The smallest absolute Gasteiger partial charge is 0.254 e. The molecule has 2 aliphatic rings. The van der Waals surface area contributed by atoms with Crippen molar-refractivity contribution >= 4 is 22.5 Å². The number of nitrogens with zero attached hydrogens (tertiary/aromatic N) is 4. The van der Waals surface area contributed by atoms with E-state index in [0.717, 1.165) is 39.3 Å². The van der Waals surface area contributed by atoms with Gasteiger partial charge in [-0.3, -0.25) is 20.0 Å². The molecule has 1 spiro atoms. The molecule has 41 heavy (non-hydrogen) atoms. The van der Waals surface area contributed by atoms with Gasteiger partial charge < -0.3 is 15.6 Å². The monoisotopic (exact) mass is 549 g/mol. The van der Waals surface area contributed by atoms with Crippen molar-refractivity contribution in [1.82, 2.24) is 24.7 Å². The minimum atomic E-state index is -0.154. The van der Waals surface area contributed by atoms with Crippen LogP contribution in [0.5, 0.6) is 0 Å². The highest BCUT2D eigenvalue weighted by atomic mass is 16.2. The van der Waals surface area contributed by atoms with Crippen LogP contribution in [0.25, 0.3) is 10.8 Å². The molecule has 6 rings (SSSR count). The molecule has 4 N–H and O–H groups in total. The molecule has 4 aromatic rings. The molecular weight excluding hydrogens is 510 g/mol. The number of amidine groups is 1. The first-order valence-electron chi connectivity index (χ1n) is 14.6. The Labute approximate surface area is 241 Å². The number of hydrogen-bond acceptors (Lipinski definition) is 5. The third kappa shape index (κ3) is 6.50. The van der Waals surface area contributed by atoms with E-state index in [9.17, 15) is 4.79 Å². The SMILES string of the molecule is N=C(N)CN(Cc1ncc[nH]1)C(=O)c1ccc(CN2CCC3(CCN(Cc4ccc5ccccc5c4)CC3)C2)cc1. The Morgan fingerprint density at radius 3 is 2.32 bits per heavy atom. The van der Waals surface area contributed by atoms with Crippen molar-refractivity contribution < 1.29 is 4.79 Å². The van der Waals surface area contributed by atoms with Gasteiger partial charge in [0, 0.05) is 37.6 Å². The van der Waals surface area contributed by atoms with Crippen molar-refractivity contribution in [3.05, 3.63) is 102 Å². The maximum Gasteiger partial charge on any atom is 0.254 e. The van der Waals surface area contributed by atoms with Gasteiger partial charge in [-0.25, -0.2) is 4.98 Å². The van der Waals surface area contributed by atoms with Crippen LogP contribution in [-0.4, -0.2) is 69.1 Å². The number of aromatic amines is 1. The number of benzene rings is 3. The Morgan fingerprint density at radius 2 is 1.61 bits per heavy atom. The minimum absolute atomic E-state index is 0.0518. The quantitative estimate of drug-likeness (QED) is 0.209. The predicted octanol–water partition coefficient (Wildman–Crippen LogP) is 4.63. The standard InChI is InChI=1S/C33H39N7O/c34-30(35)22-40(23-31-36-14-15-37-31)32(41)28-9-5-25(6-10-28)20-39-18-13-33(24-39)11-16-38(17-12-33)21-26-7-8-27-3-1-2-4-29(27)19-26/h1-10,14-15,19H,11-13,16-18,20-24H2,(H3,34,35)(H,36,37). The van der Waals surface area contributed by atoms with Crippen LogP contribution in [0.4, 0.5) is 0 Å². The minimum Gasteiger partial charge on any atom is -0.386 e. The fraction of sp³-hybridized carbons (Fsp3) is 0.364. The maximum absolute atomic E-state index is 13.2. The van der Waals surface area contributed by atoms with E-state index >= 15 is 0 Å². The topological polar surface area (TPSA) is 105 Å². The molecule has 2 fully saturated rings. The lowest BCUT2D eigenvalue weighted by molar-refractivity contribution is 0.0764. The van der Waals surface area contributed by atoms with Crippen LogP contribution < -0.4 is 5.73 Å². The summed E-state index contributed by atoms with van der Waals surface area (Å²) in [5.74, 6) is 0.460. The highest BCUT2D eigenvalue weighted by molar-refractivity contribution is 5.96. The van der Waals surface area contributed by atoms with Crippen LogP contribution in [0.2, 0.25) is 0 Å². The maximum atomic E-state index is 13.2. The van der Waals surface area contributed by atoms with E-state index < -0.39 is 0 Å². The summed E-state index contributed by atoms with van der Waals surface area (Å²) in [5.41, 5.74) is 9.27. The van der Waals surface area contributed by atoms with Gasteiger partial charge in [-0.05, 0) is 84.4 Å². The zero-order valence-electron chi connectivity index (χ0n) is 23.6. The van der Waals surface area contributed by atoms with Crippen LogP contribution in [0.3, 0.4) is 0 Å². The molecular formula is C33H39N7O. The molecule has 0 radical (unpaired) electrons. The Morgan fingerprint density at radius 1 is 0.927 bits per heavy atom. The van der Waals surface area contributed by atoms with Gasteiger partial charge in [0.2, 0.25) is 0 Å². The number of fused-ring (bicyclic) bond motifs is 1. The number of imidazole rings is 1. The number of aromatic nitrogens is 2. The molecule has 1 amide bonds. The Kier molecular flexibility index (Phi) is 7.85. The summed E-state index contributed by atoms with van der Waals surface area (Å²) in [5, 5.41) is 10.3. The molecule has 3 heterocycles. The van der Waals surface area contributed by atoms with Crippen LogP contribution >= 0.6 is 0 Å². The summed E-state index contributed by atoms with van der Waals surface area (Å²) in [4.78, 5) is 27.2. The van der Waals surface area contributed by atoms with Crippen LogP contribution in [0.1, 0.15) is 46.6 Å². The molecule has 2 aliphatic heterocycles. The van der Waals surface area contributed by atoms with E-state index in [1.165, 1.54) is 41.2 Å². The van der Waals surface area contributed by atoms with E-state index in [2.05, 4.69) is 74.4 Å². The summed E-state index contributed by atoms with van der Waals surface area (Å²) >= 11 is 0. The van der Waals surface area contributed by atoms with Gasteiger partial charge >= 0.3 is 0 Å². The normalized spacial score (nSPS) is 17.3. The molecule has 0 saturated carbocycles. The number of hydrogen-bond donors (Lipinski definition) is 3. The molecule has 8 nitrogen and oxygen atoms in total. The second-order valence-electron chi connectivity index (χ2n) is 11.8. The predicted molar refractivity (Wildman–Crippen MR) is 162 cm³/mol. The van der Waals surface area contributed by atoms with Gasteiger partial charge in [0.05, 0.1) is 13.1 Å². The van der Waals surface area contributed by atoms with Crippen LogP contribution in [0, 0.1) is 10.8 Å². The number of nitrogens with two attached hydrogens (primary N) is 1. The van der Waals surface area contributed by atoms with Crippen LogP contribution in [0.15, 0.2) is 79.1 Å². The van der Waals surface area contributed by atoms with Gasteiger partial charge in [-0.1, -0.05) is 48.5 Å². The van der Waals surface area contributed by atoms with Gasteiger partial charge in [0.1, 0.15) is 11.7 Å². The van der Waals surface area contributed by atoms with Gasteiger partial charge in [-0.15, -0.1) is 0 Å². The molecule has 0 atom stereocenters. The molecule has 8 heteroatoms. The lowest BCUT2D eigenvalue weighted by Gasteiger charge is -2.39. The van der Waals surface area contributed by atoms with Gasteiger partial charge in [0.25, 0.3) is 5.91 Å². The zero-order valence-corrected chi connectivity index (χ0v) is 23.6. The Balaban J connectivity index is 1.01. The summed E-state index contributed by atoms with van der Waals surface area (Å²) in [6, 6.07) is 23.4. The van der Waals surface area contributed by atoms with Crippen molar-refractivity contribution in [1.29, 1.82) is 5.41 Å². The number of nitrogens with one attached hydrogen (secondary N) is 2. The van der Waals surface area contributed by atoms with Gasteiger partial charge in [-0.2, -0.15) is 0 Å². The summed E-state index contributed by atoms with van der Waals surface area (Å²) in [7, 11) is 0. The fourth-order valence-electron chi connectivity index (χ4n) is 6.52. The second-order valence-corrected chi connectivity index (χ2v) is 11.8. The number of carbonyl (C=O) groups is 1. The molecule has 0 bridgehead atoms. The molecule has 3 aromatic carbocycles. The first-order valence-corrected chi connectivity index (χ1v) is 14.6. The zero-order chi connectivity index (χ0) is 28.2. The number of amides is 1. The highest BCUT2D eigenvalue weighted by Gasteiger charge is 2.40. The fourth-order valence-corrected chi connectivity index (χ4v) is 6.52. The molecule has 0 aliphatic carbocycles. The number of rotatable bonds is 9. The first-order chi connectivity index (χ1) is 19.9.